The molecule has 0 rings (SSSR count). The lowest BCUT2D eigenvalue weighted by Gasteiger charge is -2.06. The van der Waals surface area contributed by atoms with Crippen LogP contribution in [0.2, 0.25) is 0 Å². The van der Waals surface area contributed by atoms with Gasteiger partial charge in [0.25, 0.3) is 0 Å². The molecule has 0 spiro atoms. The van der Waals surface area contributed by atoms with Gasteiger partial charge in [-0.1, -0.05) is 57.7 Å². The van der Waals surface area contributed by atoms with E-state index in [9.17, 15) is 13.2 Å². The number of hydrogen-bond acceptors (Lipinski definition) is 0. The Balaban J connectivity index is 5.21. The van der Waals surface area contributed by atoms with Gasteiger partial charge >= 0.3 is 0 Å². The zero-order valence-corrected chi connectivity index (χ0v) is 11.8. The summed E-state index contributed by atoms with van der Waals surface area (Å²) in [7, 11) is 0. The van der Waals surface area contributed by atoms with Crippen LogP contribution < -0.4 is 0 Å². The molecule has 0 aromatic heterocycles. The van der Waals surface area contributed by atoms with Gasteiger partial charge in [-0.15, -0.1) is 0 Å². The summed E-state index contributed by atoms with van der Waals surface area (Å²) in [6.07, 6.45) is 6.18. The fourth-order valence-electron chi connectivity index (χ4n) is 1.14. The molecule has 0 saturated heterocycles. The largest absolute Gasteiger partial charge is 0.206 e. The van der Waals surface area contributed by atoms with Gasteiger partial charge in [-0.25, -0.2) is 13.2 Å². The molecule has 0 heterocycles. The summed E-state index contributed by atoms with van der Waals surface area (Å²) in [4.78, 5) is 0. The first-order chi connectivity index (χ1) is 9.76. The molecule has 0 amide bonds. The van der Waals surface area contributed by atoms with E-state index < -0.39 is 17.5 Å². The summed E-state index contributed by atoms with van der Waals surface area (Å²) in [5, 5.41) is 0. The van der Waals surface area contributed by atoms with Crippen LogP contribution in [-0.2, 0) is 0 Å². The van der Waals surface area contributed by atoms with E-state index in [4.69, 9.17) is 0 Å². The zero-order valence-electron chi connectivity index (χ0n) is 11.8. The summed E-state index contributed by atoms with van der Waals surface area (Å²) < 4.78 is 40.4. The highest BCUT2D eigenvalue weighted by atomic mass is 19.2. The van der Waals surface area contributed by atoms with Gasteiger partial charge in [0.1, 0.15) is 5.83 Å². The maximum atomic E-state index is 13.9. The van der Waals surface area contributed by atoms with Crippen LogP contribution in [0.4, 0.5) is 13.2 Å². The number of hydrogen-bond donors (Lipinski definition) is 0. The Morgan fingerprint density at radius 2 is 1.38 bits per heavy atom. The molecule has 0 nitrogen and oxygen atoms in total. The first kappa shape index (κ1) is 18.4. The Morgan fingerprint density at radius 3 is 1.86 bits per heavy atom. The fraction of sp³-hybridized carbons (Fsp3) is 0. The third-order valence-corrected chi connectivity index (χ3v) is 2.45. The fourth-order valence-corrected chi connectivity index (χ4v) is 1.14. The summed E-state index contributed by atoms with van der Waals surface area (Å²) in [5.74, 6) is -3.20. The van der Waals surface area contributed by atoms with Crippen LogP contribution in [0.1, 0.15) is 0 Å². The molecule has 0 saturated carbocycles. The molecule has 0 aliphatic carbocycles. The molecule has 21 heavy (non-hydrogen) atoms. The monoisotopic (exact) mass is 290 g/mol. The maximum Gasteiger partial charge on any atom is 0.165 e. The first-order valence-electron chi connectivity index (χ1n) is 5.87. The van der Waals surface area contributed by atoms with Crippen molar-refractivity contribution in [2.24, 2.45) is 0 Å². The standard InChI is InChI=1S/C18H17F3/c1-7-9-10-12(3)14(5)17(20)11-13(4)15(6)18(21)16(19)8-2/h7-11H,1-6H2/b10-9-,17-11+,18-16-. The van der Waals surface area contributed by atoms with Gasteiger partial charge in [-0.3, -0.25) is 0 Å². The van der Waals surface area contributed by atoms with E-state index in [0.29, 0.717) is 11.6 Å². The molecule has 0 aromatic rings. The summed E-state index contributed by atoms with van der Waals surface area (Å²) in [5.41, 5.74) is -0.183. The van der Waals surface area contributed by atoms with Crippen molar-refractivity contribution in [1.29, 1.82) is 0 Å². The van der Waals surface area contributed by atoms with Crippen molar-refractivity contribution in [2.45, 2.75) is 0 Å². The normalized spacial score (nSPS) is 12.6. The highest BCUT2D eigenvalue weighted by Crippen LogP contribution is 2.26. The quantitative estimate of drug-likeness (QED) is 0.471. The third-order valence-electron chi connectivity index (χ3n) is 2.45. The molecule has 0 fully saturated rings. The maximum absolute atomic E-state index is 13.9. The molecule has 0 aliphatic heterocycles. The molecule has 0 atom stereocenters. The second kappa shape index (κ2) is 8.59. The molecule has 0 N–H and O–H groups in total. The van der Waals surface area contributed by atoms with Crippen LogP contribution in [0.25, 0.3) is 0 Å². The Labute approximate surface area is 123 Å². The van der Waals surface area contributed by atoms with Crippen molar-refractivity contribution in [3.8, 4) is 0 Å². The lowest BCUT2D eigenvalue weighted by molar-refractivity contribution is 0.566. The van der Waals surface area contributed by atoms with Gasteiger partial charge in [0, 0.05) is 11.1 Å². The molecule has 0 aliphatic rings. The molecule has 110 valence electrons. The molecule has 0 bridgehead atoms. The molecular weight excluding hydrogens is 273 g/mol. The van der Waals surface area contributed by atoms with E-state index in [0.717, 1.165) is 6.08 Å². The molecule has 0 radical (unpaired) electrons. The van der Waals surface area contributed by atoms with E-state index >= 15 is 0 Å². The SMILES string of the molecule is C=C/C=C\C(=C)C(=C)/C(F)=C\C(=C)C(=C)/C(F)=C(/F)C=C. The van der Waals surface area contributed by atoms with Crippen LogP contribution in [0.15, 0.2) is 110 Å². The predicted molar refractivity (Wildman–Crippen MR) is 84.5 cm³/mol. The predicted octanol–water partition coefficient (Wildman–Crippen LogP) is 6.14. The van der Waals surface area contributed by atoms with Gasteiger partial charge in [-0.05, 0) is 23.3 Å². The van der Waals surface area contributed by atoms with E-state index in [1.165, 1.54) is 12.2 Å². The Kier molecular flexibility index (Phi) is 7.54. The number of halogens is 3. The van der Waals surface area contributed by atoms with Crippen LogP contribution >= 0.6 is 0 Å². The van der Waals surface area contributed by atoms with E-state index in [-0.39, 0.29) is 16.7 Å². The lowest BCUT2D eigenvalue weighted by Crippen LogP contribution is -1.90. The minimum atomic E-state index is -1.24. The van der Waals surface area contributed by atoms with Crippen molar-refractivity contribution >= 4 is 0 Å². The van der Waals surface area contributed by atoms with Crippen molar-refractivity contribution in [3.63, 3.8) is 0 Å². The summed E-state index contributed by atoms with van der Waals surface area (Å²) >= 11 is 0. The van der Waals surface area contributed by atoms with Crippen LogP contribution in [0, 0.1) is 0 Å². The second-order valence-corrected chi connectivity index (χ2v) is 3.96. The Bertz CT molecular complexity index is 596. The average Bonchev–Trinajstić information content (AvgIpc) is 2.48. The molecular formula is C18H17F3. The third kappa shape index (κ3) is 5.53. The Morgan fingerprint density at radius 1 is 0.810 bits per heavy atom. The van der Waals surface area contributed by atoms with E-state index in [1.54, 1.807) is 6.08 Å². The van der Waals surface area contributed by atoms with E-state index in [1.807, 2.05) is 0 Å². The summed E-state index contributed by atoms with van der Waals surface area (Å²) in [6, 6.07) is 0. The highest BCUT2D eigenvalue weighted by Gasteiger charge is 2.11. The van der Waals surface area contributed by atoms with Crippen LogP contribution in [0.5, 0.6) is 0 Å². The highest BCUT2D eigenvalue weighted by molar-refractivity contribution is 5.53. The molecule has 0 unspecified atom stereocenters. The van der Waals surface area contributed by atoms with Crippen LogP contribution in [-0.4, -0.2) is 0 Å². The minimum absolute atomic E-state index is 0.00405. The summed E-state index contributed by atoms with van der Waals surface area (Å²) in [6.45, 7) is 20.5. The van der Waals surface area contributed by atoms with Gasteiger partial charge < -0.3 is 0 Å². The van der Waals surface area contributed by atoms with Crippen LogP contribution in [0.3, 0.4) is 0 Å². The van der Waals surface area contributed by atoms with Gasteiger partial charge in [0.2, 0.25) is 0 Å². The van der Waals surface area contributed by atoms with Crippen molar-refractivity contribution in [2.75, 3.05) is 0 Å². The van der Waals surface area contributed by atoms with Crippen molar-refractivity contribution in [3.05, 3.63) is 110 Å². The number of rotatable bonds is 8. The topological polar surface area (TPSA) is 0 Å². The van der Waals surface area contributed by atoms with Gasteiger partial charge in [-0.2, -0.15) is 0 Å². The number of allylic oxidation sites excluding steroid dienone is 12. The molecule has 0 aromatic carbocycles. The molecule has 3 heteroatoms. The zero-order chi connectivity index (χ0) is 16.6. The first-order valence-corrected chi connectivity index (χ1v) is 5.87. The van der Waals surface area contributed by atoms with E-state index in [2.05, 4.69) is 39.5 Å². The van der Waals surface area contributed by atoms with Gasteiger partial charge in [0.05, 0.1) is 0 Å². The minimum Gasteiger partial charge on any atom is -0.206 e. The smallest absolute Gasteiger partial charge is 0.165 e. The van der Waals surface area contributed by atoms with Crippen molar-refractivity contribution < 1.29 is 13.2 Å². The second-order valence-electron chi connectivity index (χ2n) is 3.96. The Hall–Kier alpha value is -2.55. The lowest BCUT2D eigenvalue weighted by atomic mass is 10.0. The van der Waals surface area contributed by atoms with Crippen molar-refractivity contribution in [1.82, 2.24) is 0 Å². The average molecular weight is 290 g/mol. The van der Waals surface area contributed by atoms with Gasteiger partial charge in [0.15, 0.2) is 11.7 Å².